The molecule has 0 rings (SSSR count). The Morgan fingerprint density at radius 3 is 2.40 bits per heavy atom. The number of alkyl halides is 1. The van der Waals surface area contributed by atoms with Crippen molar-refractivity contribution in [3.05, 3.63) is 0 Å². The molecule has 0 aromatic heterocycles. The molecule has 0 atom stereocenters. The quantitative estimate of drug-likeness (QED) is 0.346. The van der Waals surface area contributed by atoms with Crippen LogP contribution in [0.1, 0.15) is 0 Å². The lowest BCUT2D eigenvalue weighted by atomic mass is 10.9. The predicted octanol–water partition coefficient (Wildman–Crippen LogP) is 1.78. The number of rotatable bonds is 0. The van der Waals surface area contributed by atoms with Crippen molar-refractivity contribution in [2.24, 2.45) is 0 Å². The van der Waals surface area contributed by atoms with Gasteiger partial charge in [0.05, 0.1) is 4.43 Å². The van der Waals surface area contributed by atoms with E-state index in [1.54, 1.807) is 0 Å². The fourth-order valence-electron chi connectivity index (χ4n) is 0.0253. The van der Waals surface area contributed by atoms with Gasteiger partial charge in [-0.2, -0.15) is 0 Å². The van der Waals surface area contributed by atoms with Crippen molar-refractivity contribution in [3.63, 3.8) is 0 Å². The second-order valence-corrected chi connectivity index (χ2v) is 1.56. The molecule has 0 fully saturated rings. The van der Waals surface area contributed by atoms with E-state index in [0.717, 1.165) is 4.43 Å². The average Bonchev–Trinajstić information content (AvgIpc) is 1.41. The van der Waals surface area contributed by atoms with Gasteiger partial charge in [0.1, 0.15) is 0 Å². The first kappa shape index (κ1) is 5.77. The van der Waals surface area contributed by atoms with E-state index in [9.17, 15) is 0 Å². The summed E-state index contributed by atoms with van der Waals surface area (Å²) >= 11 is 5.13. The smallest absolute Gasteiger partial charge is 0.0618 e. The minimum atomic E-state index is 0.906. The van der Waals surface area contributed by atoms with Crippen LogP contribution in [-0.4, -0.2) is 4.43 Å². The molecule has 0 spiro atoms. The third kappa shape index (κ3) is 4.77. The van der Waals surface area contributed by atoms with Gasteiger partial charge < -0.3 is 0 Å². The van der Waals surface area contributed by atoms with Crippen LogP contribution in [0, 0.1) is 10.8 Å². The standard InChI is InChI=1S/C3H2BrI/c4-2-1-3-5/h3H2. The highest BCUT2D eigenvalue weighted by Crippen LogP contribution is 1.76. The molecule has 0 aromatic carbocycles. The molecule has 28 valence electrons. The normalized spacial score (nSPS) is 5.20. The van der Waals surface area contributed by atoms with Crippen LogP contribution in [0.3, 0.4) is 0 Å². The molecular formula is C3H2BrI. The zero-order chi connectivity index (χ0) is 4.12. The van der Waals surface area contributed by atoms with Gasteiger partial charge in [-0.1, -0.05) is 28.5 Å². The van der Waals surface area contributed by atoms with Gasteiger partial charge in [-0.25, -0.2) is 0 Å². The fourth-order valence-corrected chi connectivity index (χ4v) is 0.880. The molecule has 0 N–H and O–H groups in total. The Morgan fingerprint density at radius 2 is 2.40 bits per heavy atom. The number of hydrogen-bond donors (Lipinski definition) is 0. The summed E-state index contributed by atoms with van der Waals surface area (Å²) in [6.07, 6.45) is 0. The van der Waals surface area contributed by atoms with Crippen LogP contribution in [-0.2, 0) is 0 Å². The van der Waals surface area contributed by atoms with E-state index in [1.807, 2.05) is 0 Å². The summed E-state index contributed by atoms with van der Waals surface area (Å²) in [5, 5.41) is 0. The third-order valence-corrected chi connectivity index (χ3v) is 0.795. The second-order valence-electron chi connectivity index (χ2n) is 0.405. The van der Waals surface area contributed by atoms with E-state index >= 15 is 0 Å². The Labute approximate surface area is 53.6 Å². The van der Waals surface area contributed by atoms with E-state index in [1.165, 1.54) is 0 Å². The number of halogens is 2. The van der Waals surface area contributed by atoms with E-state index < -0.39 is 0 Å². The first-order chi connectivity index (χ1) is 2.41. The van der Waals surface area contributed by atoms with Crippen molar-refractivity contribution in [2.45, 2.75) is 0 Å². The molecule has 0 aliphatic rings. The highest BCUT2D eigenvalue weighted by atomic mass is 127. The summed E-state index contributed by atoms with van der Waals surface area (Å²) in [7, 11) is 0. The predicted molar refractivity (Wildman–Crippen MR) is 35.6 cm³/mol. The monoisotopic (exact) mass is 244 g/mol. The molecule has 0 aliphatic carbocycles. The van der Waals surface area contributed by atoms with Gasteiger partial charge >= 0.3 is 0 Å². The zero-order valence-electron chi connectivity index (χ0n) is 2.46. The lowest BCUT2D eigenvalue weighted by molar-refractivity contribution is 2.06. The molecule has 0 aromatic rings. The maximum atomic E-state index is 2.94. The van der Waals surface area contributed by atoms with E-state index in [4.69, 9.17) is 0 Å². The maximum absolute atomic E-state index is 2.94. The van der Waals surface area contributed by atoms with Gasteiger partial charge in [0.25, 0.3) is 0 Å². The van der Waals surface area contributed by atoms with Gasteiger partial charge in [-0.15, -0.1) is 0 Å². The van der Waals surface area contributed by atoms with Gasteiger partial charge in [-0.05, 0) is 4.83 Å². The van der Waals surface area contributed by atoms with Gasteiger partial charge in [-0.3, -0.25) is 0 Å². The molecule has 2 heteroatoms. The van der Waals surface area contributed by atoms with Crippen LogP contribution in [0.5, 0.6) is 0 Å². The van der Waals surface area contributed by atoms with Crippen LogP contribution >= 0.6 is 38.5 Å². The highest BCUT2D eigenvalue weighted by molar-refractivity contribution is 14.1. The summed E-state index contributed by atoms with van der Waals surface area (Å²) in [4.78, 5) is 2.57. The summed E-state index contributed by atoms with van der Waals surface area (Å²) < 4.78 is 0.906. The summed E-state index contributed by atoms with van der Waals surface area (Å²) in [5.74, 6) is 2.76. The van der Waals surface area contributed by atoms with Crippen molar-refractivity contribution < 1.29 is 0 Å². The zero-order valence-corrected chi connectivity index (χ0v) is 6.21. The fraction of sp³-hybridized carbons (Fsp3) is 0.333. The van der Waals surface area contributed by atoms with Crippen molar-refractivity contribution in [3.8, 4) is 10.8 Å². The van der Waals surface area contributed by atoms with Crippen LogP contribution in [0.4, 0.5) is 0 Å². The molecule has 0 saturated heterocycles. The van der Waals surface area contributed by atoms with Crippen molar-refractivity contribution in [2.75, 3.05) is 4.43 Å². The maximum Gasteiger partial charge on any atom is 0.0618 e. The van der Waals surface area contributed by atoms with E-state index in [2.05, 4.69) is 49.3 Å². The molecule has 0 heterocycles. The molecule has 0 amide bonds. The second kappa shape index (κ2) is 4.77. The van der Waals surface area contributed by atoms with Crippen LogP contribution in [0.15, 0.2) is 0 Å². The highest BCUT2D eigenvalue weighted by Gasteiger charge is 1.52. The first-order valence-corrected chi connectivity index (χ1v) is 3.38. The van der Waals surface area contributed by atoms with Crippen LogP contribution in [0.2, 0.25) is 0 Å². The van der Waals surface area contributed by atoms with Crippen LogP contribution < -0.4 is 0 Å². The van der Waals surface area contributed by atoms with Crippen molar-refractivity contribution in [1.29, 1.82) is 0 Å². The summed E-state index contributed by atoms with van der Waals surface area (Å²) in [6.45, 7) is 0. The molecule has 0 bridgehead atoms. The topological polar surface area (TPSA) is 0 Å². The van der Waals surface area contributed by atoms with E-state index in [-0.39, 0.29) is 0 Å². The van der Waals surface area contributed by atoms with Crippen LogP contribution in [0.25, 0.3) is 0 Å². The lowest BCUT2D eigenvalue weighted by Gasteiger charge is -1.54. The average molecular weight is 245 g/mol. The van der Waals surface area contributed by atoms with Crippen molar-refractivity contribution >= 4 is 38.5 Å². The summed E-state index contributed by atoms with van der Waals surface area (Å²) in [6, 6.07) is 0. The molecule has 0 saturated carbocycles. The Kier molecular flexibility index (Phi) is 5.50. The molecular weight excluding hydrogens is 243 g/mol. The lowest BCUT2D eigenvalue weighted by Crippen LogP contribution is -1.48. The Bertz CT molecular complexity index is 59.0. The van der Waals surface area contributed by atoms with Gasteiger partial charge in [0.2, 0.25) is 0 Å². The van der Waals surface area contributed by atoms with Gasteiger partial charge in [0.15, 0.2) is 0 Å². The SMILES string of the molecule is BrC#CCI. The molecule has 0 unspecified atom stereocenters. The first-order valence-electron chi connectivity index (χ1n) is 1.06. The molecule has 0 radical (unpaired) electrons. The minimum Gasteiger partial charge on any atom is -0.0801 e. The molecule has 0 nitrogen and oxygen atoms in total. The molecule has 0 aliphatic heterocycles. The largest absolute Gasteiger partial charge is 0.0801 e. The molecule has 5 heavy (non-hydrogen) atoms. The van der Waals surface area contributed by atoms with Crippen molar-refractivity contribution in [1.82, 2.24) is 0 Å². The van der Waals surface area contributed by atoms with E-state index in [0.29, 0.717) is 0 Å². The summed E-state index contributed by atoms with van der Waals surface area (Å²) in [5.41, 5.74) is 0. The third-order valence-electron chi connectivity index (χ3n) is 0.134. The Hall–Kier alpha value is 0.770. The number of hydrogen-bond acceptors (Lipinski definition) is 0. The van der Waals surface area contributed by atoms with Gasteiger partial charge in [0, 0.05) is 15.9 Å². The Morgan fingerprint density at radius 1 is 1.80 bits per heavy atom. The Balaban J connectivity index is 2.81. The minimum absolute atomic E-state index is 0.906.